The number of aromatic nitrogens is 2. The highest BCUT2D eigenvalue weighted by Gasteiger charge is 2.25. The summed E-state index contributed by atoms with van der Waals surface area (Å²) in [5, 5.41) is 0.930. The van der Waals surface area contributed by atoms with Crippen molar-refractivity contribution in [3.8, 4) is 11.1 Å². The first kappa shape index (κ1) is 17.8. The second kappa shape index (κ2) is 6.86. The molecule has 3 heterocycles. The van der Waals surface area contributed by atoms with E-state index in [9.17, 15) is 12.8 Å². The van der Waals surface area contributed by atoms with Gasteiger partial charge in [0.25, 0.3) is 0 Å². The fraction of sp³-hybridized carbons (Fsp3) is 0.263. The van der Waals surface area contributed by atoms with Crippen LogP contribution in [-0.4, -0.2) is 55.1 Å². The van der Waals surface area contributed by atoms with Crippen LogP contribution in [0.25, 0.3) is 22.0 Å². The molecule has 1 aliphatic heterocycles. The third-order valence-corrected chi connectivity index (χ3v) is 6.09. The van der Waals surface area contributed by atoms with E-state index in [0.29, 0.717) is 26.2 Å². The summed E-state index contributed by atoms with van der Waals surface area (Å²) in [6.45, 7) is 1.96. The lowest BCUT2D eigenvalue weighted by molar-refractivity contribution is 0.387. The highest BCUT2D eigenvalue weighted by atomic mass is 32.2. The average Bonchev–Trinajstić information content (AvgIpc) is 2.67. The van der Waals surface area contributed by atoms with E-state index in [1.165, 1.54) is 22.7 Å². The third kappa shape index (κ3) is 3.50. The van der Waals surface area contributed by atoms with Gasteiger partial charge in [0.15, 0.2) is 5.82 Å². The zero-order valence-electron chi connectivity index (χ0n) is 14.8. The molecule has 0 spiro atoms. The molecule has 27 heavy (non-hydrogen) atoms. The van der Waals surface area contributed by atoms with Gasteiger partial charge in [0.1, 0.15) is 11.3 Å². The Balaban J connectivity index is 1.72. The molecular formula is C19H19FN4O2S. The van der Waals surface area contributed by atoms with Crippen LogP contribution in [0.2, 0.25) is 0 Å². The van der Waals surface area contributed by atoms with E-state index in [4.69, 9.17) is 0 Å². The van der Waals surface area contributed by atoms with E-state index in [1.807, 2.05) is 12.1 Å². The molecule has 1 aliphatic rings. The molecular weight excluding hydrogens is 367 g/mol. The van der Waals surface area contributed by atoms with Crippen LogP contribution in [0.1, 0.15) is 0 Å². The van der Waals surface area contributed by atoms with E-state index < -0.39 is 10.0 Å². The quantitative estimate of drug-likeness (QED) is 0.692. The number of anilines is 1. The number of piperazine rings is 1. The van der Waals surface area contributed by atoms with Gasteiger partial charge in [0.05, 0.1) is 6.26 Å². The van der Waals surface area contributed by atoms with E-state index in [1.54, 1.807) is 24.5 Å². The second-order valence-electron chi connectivity index (χ2n) is 6.55. The molecule has 0 unspecified atom stereocenters. The van der Waals surface area contributed by atoms with Crippen LogP contribution < -0.4 is 4.90 Å². The number of rotatable bonds is 3. The predicted octanol–water partition coefficient (Wildman–Crippen LogP) is 2.52. The molecule has 0 atom stereocenters. The zero-order chi connectivity index (χ0) is 19.0. The lowest BCUT2D eigenvalue weighted by Crippen LogP contribution is -2.48. The summed E-state index contributed by atoms with van der Waals surface area (Å²) >= 11 is 0. The van der Waals surface area contributed by atoms with Crippen molar-refractivity contribution in [2.24, 2.45) is 0 Å². The van der Waals surface area contributed by atoms with Crippen molar-refractivity contribution >= 4 is 26.7 Å². The Morgan fingerprint density at radius 3 is 2.37 bits per heavy atom. The monoisotopic (exact) mass is 386 g/mol. The number of hydrogen-bond donors (Lipinski definition) is 0. The van der Waals surface area contributed by atoms with Crippen LogP contribution in [0, 0.1) is 5.82 Å². The number of fused-ring (bicyclic) bond motifs is 1. The summed E-state index contributed by atoms with van der Waals surface area (Å²) in [5.41, 5.74) is 2.51. The van der Waals surface area contributed by atoms with E-state index in [2.05, 4.69) is 14.9 Å². The molecule has 1 aromatic carbocycles. The lowest BCUT2D eigenvalue weighted by atomic mass is 10.0. The fourth-order valence-corrected chi connectivity index (χ4v) is 4.21. The summed E-state index contributed by atoms with van der Waals surface area (Å²) in [6.07, 6.45) is 4.72. The molecule has 0 aliphatic carbocycles. The van der Waals surface area contributed by atoms with Crippen molar-refractivity contribution in [2.45, 2.75) is 0 Å². The van der Waals surface area contributed by atoms with Gasteiger partial charge in [-0.2, -0.15) is 4.31 Å². The van der Waals surface area contributed by atoms with Crippen molar-refractivity contribution in [3.05, 3.63) is 54.6 Å². The van der Waals surface area contributed by atoms with Crippen LogP contribution in [0.5, 0.6) is 0 Å². The van der Waals surface area contributed by atoms with Crippen LogP contribution >= 0.6 is 0 Å². The van der Waals surface area contributed by atoms with Gasteiger partial charge in [-0.15, -0.1) is 0 Å². The SMILES string of the molecule is CS(=O)(=O)N1CCN(c2ncc(-c3ccc(F)cc3)c3cccnc23)CC1. The Kier molecular flexibility index (Phi) is 4.53. The van der Waals surface area contributed by atoms with Gasteiger partial charge in [-0.05, 0) is 23.8 Å². The number of nitrogens with zero attached hydrogens (tertiary/aromatic N) is 4. The molecule has 140 valence electrons. The van der Waals surface area contributed by atoms with Gasteiger partial charge in [0, 0.05) is 49.5 Å². The highest BCUT2D eigenvalue weighted by Crippen LogP contribution is 2.32. The smallest absolute Gasteiger partial charge is 0.211 e. The van der Waals surface area contributed by atoms with Gasteiger partial charge >= 0.3 is 0 Å². The van der Waals surface area contributed by atoms with E-state index in [-0.39, 0.29) is 5.82 Å². The molecule has 0 radical (unpaired) electrons. The topological polar surface area (TPSA) is 66.4 Å². The van der Waals surface area contributed by atoms with E-state index >= 15 is 0 Å². The molecule has 1 saturated heterocycles. The minimum absolute atomic E-state index is 0.283. The van der Waals surface area contributed by atoms with Crippen molar-refractivity contribution in [1.29, 1.82) is 0 Å². The van der Waals surface area contributed by atoms with Gasteiger partial charge in [-0.25, -0.2) is 17.8 Å². The first-order chi connectivity index (χ1) is 12.9. The minimum atomic E-state index is -3.18. The second-order valence-corrected chi connectivity index (χ2v) is 8.53. The Hall–Kier alpha value is -2.58. The standard InChI is InChI=1S/C19H19FN4O2S/c1-27(25,26)24-11-9-23(10-12-24)19-18-16(3-2-8-21-18)17(13-22-19)14-4-6-15(20)7-5-14/h2-8,13H,9-12H2,1H3. The Labute approximate surface area is 157 Å². The first-order valence-electron chi connectivity index (χ1n) is 8.63. The van der Waals surface area contributed by atoms with E-state index in [0.717, 1.165) is 27.8 Å². The van der Waals surface area contributed by atoms with Crippen LogP contribution in [0.4, 0.5) is 10.2 Å². The zero-order valence-corrected chi connectivity index (χ0v) is 15.7. The van der Waals surface area contributed by atoms with Crippen molar-refractivity contribution in [1.82, 2.24) is 14.3 Å². The summed E-state index contributed by atoms with van der Waals surface area (Å²) in [7, 11) is -3.18. The number of halogens is 1. The summed E-state index contributed by atoms with van der Waals surface area (Å²) in [5.74, 6) is 0.458. The maximum atomic E-state index is 13.3. The lowest BCUT2D eigenvalue weighted by Gasteiger charge is -2.34. The van der Waals surface area contributed by atoms with Gasteiger partial charge in [-0.1, -0.05) is 18.2 Å². The first-order valence-corrected chi connectivity index (χ1v) is 10.5. The summed E-state index contributed by atoms with van der Waals surface area (Å²) < 4.78 is 38.2. The number of benzene rings is 1. The molecule has 1 fully saturated rings. The molecule has 3 aromatic rings. The van der Waals surface area contributed by atoms with Crippen LogP contribution in [0.15, 0.2) is 48.8 Å². The normalized spacial score (nSPS) is 16.0. The predicted molar refractivity (Wildman–Crippen MR) is 104 cm³/mol. The number of pyridine rings is 2. The van der Waals surface area contributed by atoms with Crippen LogP contribution in [-0.2, 0) is 10.0 Å². The molecule has 0 bridgehead atoms. The third-order valence-electron chi connectivity index (χ3n) is 4.79. The summed E-state index contributed by atoms with van der Waals surface area (Å²) in [4.78, 5) is 11.2. The molecule has 0 amide bonds. The number of hydrogen-bond acceptors (Lipinski definition) is 5. The molecule has 8 heteroatoms. The molecule has 4 rings (SSSR count). The van der Waals surface area contributed by atoms with Crippen LogP contribution in [0.3, 0.4) is 0 Å². The summed E-state index contributed by atoms with van der Waals surface area (Å²) in [6, 6.07) is 10.1. The van der Waals surface area contributed by atoms with Gasteiger partial charge < -0.3 is 4.90 Å². The maximum Gasteiger partial charge on any atom is 0.211 e. The van der Waals surface area contributed by atoms with Gasteiger partial charge in [-0.3, -0.25) is 4.98 Å². The Bertz CT molecular complexity index is 1080. The fourth-order valence-electron chi connectivity index (χ4n) is 3.38. The average molecular weight is 386 g/mol. The number of sulfonamides is 1. The maximum absolute atomic E-state index is 13.3. The van der Waals surface area contributed by atoms with Gasteiger partial charge in [0.2, 0.25) is 10.0 Å². The Morgan fingerprint density at radius 1 is 1.00 bits per heavy atom. The molecule has 0 N–H and O–H groups in total. The van der Waals surface area contributed by atoms with Crippen molar-refractivity contribution in [2.75, 3.05) is 37.3 Å². The highest BCUT2D eigenvalue weighted by molar-refractivity contribution is 7.88. The van der Waals surface area contributed by atoms with Crippen molar-refractivity contribution < 1.29 is 12.8 Å². The largest absolute Gasteiger partial charge is 0.352 e. The van der Waals surface area contributed by atoms with Crippen molar-refractivity contribution in [3.63, 3.8) is 0 Å². The minimum Gasteiger partial charge on any atom is -0.352 e. The Morgan fingerprint density at radius 2 is 1.70 bits per heavy atom. The molecule has 6 nitrogen and oxygen atoms in total. The molecule has 2 aromatic heterocycles. The molecule has 0 saturated carbocycles.